The average Bonchev–Trinajstić information content (AvgIpc) is 2.84. The van der Waals surface area contributed by atoms with Crippen LogP contribution in [-0.4, -0.2) is 28.3 Å². The third-order valence-corrected chi connectivity index (χ3v) is 4.61. The highest BCUT2D eigenvalue weighted by Crippen LogP contribution is 2.38. The number of aromatic nitrogens is 2. The summed E-state index contributed by atoms with van der Waals surface area (Å²) in [4.78, 5) is 8.38. The molecular weight excluding hydrogens is 244 g/mol. The summed E-state index contributed by atoms with van der Waals surface area (Å²) in [6, 6.07) is 4.30. The third-order valence-electron chi connectivity index (χ3n) is 3.71. The predicted molar refractivity (Wildman–Crippen MR) is 72.1 cm³/mol. The van der Waals surface area contributed by atoms with Gasteiger partial charge in [0.25, 0.3) is 0 Å². The standard InChI is InChI=1S/C13H18N4S/c1-15-13(10-14)6-2-4-11(13)5-9-18-12-16-7-3-8-17-12/h3,7-8,11,15H,2,4-6,9H2,1H3. The van der Waals surface area contributed by atoms with Crippen LogP contribution in [0, 0.1) is 17.2 Å². The van der Waals surface area contributed by atoms with E-state index < -0.39 is 0 Å². The maximum atomic E-state index is 9.36. The smallest absolute Gasteiger partial charge is 0.187 e. The average molecular weight is 262 g/mol. The number of hydrogen-bond donors (Lipinski definition) is 1. The van der Waals surface area contributed by atoms with Crippen molar-refractivity contribution in [3.05, 3.63) is 18.5 Å². The van der Waals surface area contributed by atoms with E-state index in [1.165, 1.54) is 0 Å². The lowest BCUT2D eigenvalue weighted by Gasteiger charge is -2.27. The van der Waals surface area contributed by atoms with Crippen LogP contribution in [0.4, 0.5) is 0 Å². The summed E-state index contributed by atoms with van der Waals surface area (Å²) in [6.07, 6.45) is 7.82. The van der Waals surface area contributed by atoms with Crippen LogP contribution in [-0.2, 0) is 0 Å². The molecule has 2 rings (SSSR count). The Morgan fingerprint density at radius 3 is 3.00 bits per heavy atom. The minimum Gasteiger partial charge on any atom is -0.302 e. The highest BCUT2D eigenvalue weighted by atomic mass is 32.2. The van der Waals surface area contributed by atoms with Crippen LogP contribution < -0.4 is 5.32 Å². The first-order valence-corrected chi connectivity index (χ1v) is 7.29. The Morgan fingerprint density at radius 2 is 2.33 bits per heavy atom. The molecule has 1 saturated carbocycles. The number of nitrogens with one attached hydrogen (secondary N) is 1. The van der Waals surface area contributed by atoms with E-state index in [2.05, 4.69) is 21.4 Å². The van der Waals surface area contributed by atoms with Gasteiger partial charge in [-0.2, -0.15) is 5.26 Å². The summed E-state index contributed by atoms with van der Waals surface area (Å²) in [5, 5.41) is 13.4. The third kappa shape index (κ3) is 2.82. The maximum Gasteiger partial charge on any atom is 0.187 e. The molecule has 0 spiro atoms. The van der Waals surface area contributed by atoms with E-state index >= 15 is 0 Å². The van der Waals surface area contributed by atoms with Gasteiger partial charge in [-0.05, 0) is 38.3 Å². The number of hydrogen-bond acceptors (Lipinski definition) is 5. The normalized spacial score (nSPS) is 27.0. The Balaban J connectivity index is 1.85. The van der Waals surface area contributed by atoms with Crippen molar-refractivity contribution in [1.29, 1.82) is 5.26 Å². The van der Waals surface area contributed by atoms with Gasteiger partial charge in [-0.15, -0.1) is 0 Å². The van der Waals surface area contributed by atoms with Crippen LogP contribution in [0.15, 0.2) is 23.6 Å². The van der Waals surface area contributed by atoms with Crippen LogP contribution in [0.2, 0.25) is 0 Å². The van der Waals surface area contributed by atoms with E-state index in [1.807, 2.05) is 13.1 Å². The van der Waals surface area contributed by atoms with Crippen LogP contribution in [0.1, 0.15) is 25.7 Å². The summed E-state index contributed by atoms with van der Waals surface area (Å²) in [5.41, 5.74) is -0.307. The number of nitriles is 1. The second-order valence-electron chi connectivity index (χ2n) is 4.59. The SMILES string of the molecule is CNC1(C#N)CCCC1CCSc1ncccn1. The van der Waals surface area contributed by atoms with Crippen LogP contribution in [0.25, 0.3) is 0 Å². The Hall–Kier alpha value is -1.12. The topological polar surface area (TPSA) is 61.6 Å². The van der Waals surface area contributed by atoms with Gasteiger partial charge in [-0.3, -0.25) is 0 Å². The zero-order valence-corrected chi connectivity index (χ0v) is 11.4. The van der Waals surface area contributed by atoms with Crippen molar-refractivity contribution in [3.8, 4) is 6.07 Å². The lowest BCUT2D eigenvalue weighted by molar-refractivity contribution is 0.332. The molecule has 1 heterocycles. The van der Waals surface area contributed by atoms with Crippen molar-refractivity contribution in [1.82, 2.24) is 15.3 Å². The Morgan fingerprint density at radius 1 is 1.56 bits per heavy atom. The number of nitrogens with zero attached hydrogens (tertiary/aromatic N) is 3. The van der Waals surface area contributed by atoms with Crippen molar-refractivity contribution in [3.63, 3.8) is 0 Å². The van der Waals surface area contributed by atoms with Crippen molar-refractivity contribution in [2.75, 3.05) is 12.8 Å². The second-order valence-corrected chi connectivity index (χ2v) is 5.65. The van der Waals surface area contributed by atoms with Gasteiger partial charge in [0.2, 0.25) is 0 Å². The molecule has 0 bridgehead atoms. The van der Waals surface area contributed by atoms with E-state index in [9.17, 15) is 5.26 Å². The molecule has 0 aliphatic heterocycles. The predicted octanol–water partition coefficient (Wildman–Crippen LogP) is 2.24. The summed E-state index contributed by atoms with van der Waals surface area (Å²) in [5.74, 6) is 1.42. The molecule has 2 atom stereocenters. The molecule has 0 aromatic carbocycles. The minimum atomic E-state index is -0.307. The molecule has 2 unspecified atom stereocenters. The molecule has 1 fully saturated rings. The zero-order valence-electron chi connectivity index (χ0n) is 10.6. The van der Waals surface area contributed by atoms with E-state index in [4.69, 9.17) is 0 Å². The Labute approximate surface area is 112 Å². The molecule has 18 heavy (non-hydrogen) atoms. The second kappa shape index (κ2) is 6.17. The fraction of sp³-hybridized carbons (Fsp3) is 0.615. The summed E-state index contributed by atoms with van der Waals surface area (Å²) >= 11 is 1.67. The van der Waals surface area contributed by atoms with Crippen molar-refractivity contribution in [2.24, 2.45) is 5.92 Å². The molecular formula is C13H18N4S. The fourth-order valence-corrected chi connectivity index (χ4v) is 3.51. The first-order valence-electron chi connectivity index (χ1n) is 6.31. The van der Waals surface area contributed by atoms with Gasteiger partial charge in [0, 0.05) is 18.1 Å². The highest BCUT2D eigenvalue weighted by molar-refractivity contribution is 7.99. The van der Waals surface area contributed by atoms with Gasteiger partial charge in [0.15, 0.2) is 5.16 Å². The monoisotopic (exact) mass is 262 g/mol. The largest absolute Gasteiger partial charge is 0.302 e. The highest BCUT2D eigenvalue weighted by Gasteiger charge is 2.41. The first-order chi connectivity index (χ1) is 8.80. The zero-order chi connectivity index (χ0) is 12.8. The van der Waals surface area contributed by atoms with E-state index in [-0.39, 0.29) is 5.54 Å². The van der Waals surface area contributed by atoms with Gasteiger partial charge in [-0.25, -0.2) is 9.97 Å². The number of rotatable bonds is 5. The molecule has 1 aromatic heterocycles. The Bertz CT molecular complexity index is 417. The molecule has 0 radical (unpaired) electrons. The van der Waals surface area contributed by atoms with E-state index in [1.54, 1.807) is 24.2 Å². The van der Waals surface area contributed by atoms with Gasteiger partial charge >= 0.3 is 0 Å². The lowest BCUT2D eigenvalue weighted by atomic mass is 9.87. The van der Waals surface area contributed by atoms with Crippen LogP contribution >= 0.6 is 11.8 Å². The quantitative estimate of drug-likeness (QED) is 0.651. The van der Waals surface area contributed by atoms with Crippen LogP contribution in [0.5, 0.6) is 0 Å². The fourth-order valence-electron chi connectivity index (χ4n) is 2.65. The van der Waals surface area contributed by atoms with Gasteiger partial charge in [0.1, 0.15) is 5.54 Å². The molecule has 1 aliphatic rings. The van der Waals surface area contributed by atoms with Gasteiger partial charge in [0.05, 0.1) is 6.07 Å². The van der Waals surface area contributed by atoms with Gasteiger partial charge < -0.3 is 5.32 Å². The summed E-state index contributed by atoms with van der Waals surface area (Å²) in [6.45, 7) is 0. The lowest BCUT2D eigenvalue weighted by Crippen LogP contribution is -2.44. The summed E-state index contributed by atoms with van der Waals surface area (Å²) < 4.78 is 0. The first kappa shape index (κ1) is 13.3. The van der Waals surface area contributed by atoms with Crippen molar-refractivity contribution >= 4 is 11.8 Å². The van der Waals surface area contributed by atoms with E-state index in [0.717, 1.165) is 36.6 Å². The molecule has 96 valence electrons. The molecule has 4 nitrogen and oxygen atoms in total. The van der Waals surface area contributed by atoms with Gasteiger partial charge in [-0.1, -0.05) is 18.2 Å². The summed E-state index contributed by atoms with van der Waals surface area (Å²) in [7, 11) is 1.90. The molecule has 1 aromatic rings. The van der Waals surface area contributed by atoms with E-state index in [0.29, 0.717) is 5.92 Å². The maximum absolute atomic E-state index is 9.36. The minimum absolute atomic E-state index is 0.307. The Kier molecular flexibility index (Phi) is 4.56. The van der Waals surface area contributed by atoms with Crippen molar-refractivity contribution < 1.29 is 0 Å². The molecule has 1 aliphatic carbocycles. The molecule has 0 saturated heterocycles. The molecule has 1 N–H and O–H groups in total. The van der Waals surface area contributed by atoms with Crippen LogP contribution in [0.3, 0.4) is 0 Å². The molecule has 0 amide bonds. The number of thioether (sulfide) groups is 1. The molecule has 5 heteroatoms. The van der Waals surface area contributed by atoms with Crippen molar-refractivity contribution in [2.45, 2.75) is 36.4 Å².